The topological polar surface area (TPSA) is 119 Å². The Bertz CT molecular complexity index is 572. The number of hydrogen-bond donors (Lipinski definition) is 4. The molecule has 7 nitrogen and oxygen atoms in total. The van der Waals surface area contributed by atoms with E-state index in [1.54, 1.807) is 13.8 Å². The van der Waals surface area contributed by atoms with Gasteiger partial charge in [0.25, 0.3) is 0 Å². The SMILES string of the molecule is Cc1c[nH]c(O)c1C(=O)CCC(=O)c1c(C)n[nH]c1O. The zero-order chi connectivity index (χ0) is 14.9. The second-order valence-corrected chi connectivity index (χ2v) is 4.57. The molecule has 4 N–H and O–H groups in total. The van der Waals surface area contributed by atoms with Crippen LogP contribution in [0.2, 0.25) is 0 Å². The maximum Gasteiger partial charge on any atom is 0.218 e. The van der Waals surface area contributed by atoms with E-state index in [4.69, 9.17) is 0 Å². The van der Waals surface area contributed by atoms with Gasteiger partial charge in [0.15, 0.2) is 17.4 Å². The Kier molecular flexibility index (Phi) is 3.60. The molecule has 0 atom stereocenters. The molecule has 0 spiro atoms. The summed E-state index contributed by atoms with van der Waals surface area (Å²) in [5, 5.41) is 25.0. The second-order valence-electron chi connectivity index (χ2n) is 4.57. The molecule has 20 heavy (non-hydrogen) atoms. The van der Waals surface area contributed by atoms with E-state index in [0.29, 0.717) is 11.3 Å². The van der Waals surface area contributed by atoms with Gasteiger partial charge in [0, 0.05) is 19.0 Å². The quantitative estimate of drug-likeness (QED) is 0.619. The number of Topliss-reactive ketones (excluding diaryl/α,β-unsaturated/α-hetero) is 2. The molecule has 0 aliphatic rings. The van der Waals surface area contributed by atoms with Crippen LogP contribution < -0.4 is 0 Å². The zero-order valence-electron chi connectivity index (χ0n) is 11.1. The Morgan fingerprint density at radius 3 is 2.15 bits per heavy atom. The highest BCUT2D eigenvalue weighted by Gasteiger charge is 2.21. The predicted octanol–water partition coefficient (Wildman–Crippen LogP) is 1.61. The highest BCUT2D eigenvalue weighted by atomic mass is 16.3. The van der Waals surface area contributed by atoms with Gasteiger partial charge in [-0.1, -0.05) is 0 Å². The van der Waals surface area contributed by atoms with E-state index in [1.807, 2.05) is 0 Å². The summed E-state index contributed by atoms with van der Waals surface area (Å²) in [4.78, 5) is 26.5. The van der Waals surface area contributed by atoms with Gasteiger partial charge in [0.1, 0.15) is 5.56 Å². The second kappa shape index (κ2) is 5.20. The Balaban J connectivity index is 2.06. The van der Waals surface area contributed by atoms with E-state index in [-0.39, 0.29) is 47.3 Å². The first-order valence-electron chi connectivity index (χ1n) is 6.09. The number of nitrogens with zero attached hydrogens (tertiary/aromatic N) is 1. The Labute approximate surface area is 114 Å². The first-order valence-corrected chi connectivity index (χ1v) is 6.09. The molecular formula is C13H15N3O4. The molecule has 2 aromatic heterocycles. The number of ketones is 2. The molecule has 0 radical (unpaired) electrons. The molecule has 0 saturated carbocycles. The number of aromatic nitrogens is 3. The fourth-order valence-corrected chi connectivity index (χ4v) is 2.09. The standard InChI is InChI=1S/C13H15N3O4/c1-6-5-14-12(19)10(6)8(17)3-4-9(18)11-7(2)15-16-13(11)20/h5,14,19H,3-4H2,1-2H3,(H2,15,16,20). The van der Waals surface area contributed by atoms with Crippen LogP contribution in [0.25, 0.3) is 0 Å². The van der Waals surface area contributed by atoms with Crippen molar-refractivity contribution in [3.05, 3.63) is 28.6 Å². The van der Waals surface area contributed by atoms with Gasteiger partial charge in [0.2, 0.25) is 5.88 Å². The maximum atomic E-state index is 12.0. The van der Waals surface area contributed by atoms with Crippen molar-refractivity contribution < 1.29 is 19.8 Å². The fourth-order valence-electron chi connectivity index (χ4n) is 2.09. The molecule has 0 unspecified atom stereocenters. The highest BCUT2D eigenvalue weighted by Crippen LogP contribution is 2.23. The predicted molar refractivity (Wildman–Crippen MR) is 70.1 cm³/mol. The van der Waals surface area contributed by atoms with E-state index in [1.165, 1.54) is 6.20 Å². The number of aryl methyl sites for hydroxylation is 2. The normalized spacial score (nSPS) is 10.7. The molecule has 0 saturated heterocycles. The number of H-pyrrole nitrogens is 2. The number of aromatic amines is 2. The smallest absolute Gasteiger partial charge is 0.218 e. The minimum Gasteiger partial charge on any atom is -0.494 e. The molecule has 2 rings (SSSR count). The van der Waals surface area contributed by atoms with E-state index in [9.17, 15) is 19.8 Å². The summed E-state index contributed by atoms with van der Waals surface area (Å²) in [5.74, 6) is -1.17. The summed E-state index contributed by atoms with van der Waals surface area (Å²) in [5.41, 5.74) is 1.32. The zero-order valence-corrected chi connectivity index (χ0v) is 11.1. The monoisotopic (exact) mass is 277 g/mol. The molecule has 2 aromatic rings. The summed E-state index contributed by atoms with van der Waals surface area (Å²) in [6.07, 6.45) is 1.42. The number of rotatable bonds is 5. The van der Waals surface area contributed by atoms with E-state index in [2.05, 4.69) is 15.2 Å². The van der Waals surface area contributed by atoms with Gasteiger partial charge in [-0.3, -0.25) is 9.59 Å². The van der Waals surface area contributed by atoms with Crippen LogP contribution in [0.15, 0.2) is 6.20 Å². The molecule has 7 heteroatoms. The minimum atomic E-state index is -0.366. The fraction of sp³-hybridized carbons (Fsp3) is 0.308. The number of aromatic hydroxyl groups is 2. The Morgan fingerprint density at radius 1 is 1.10 bits per heavy atom. The van der Waals surface area contributed by atoms with Crippen molar-refractivity contribution in [1.82, 2.24) is 15.2 Å². The van der Waals surface area contributed by atoms with Crippen LogP contribution in [0.3, 0.4) is 0 Å². The molecule has 2 heterocycles. The van der Waals surface area contributed by atoms with Gasteiger partial charge in [-0.05, 0) is 19.4 Å². The number of nitrogens with one attached hydrogen (secondary N) is 2. The Hall–Kier alpha value is -2.57. The van der Waals surface area contributed by atoms with Gasteiger partial charge in [-0.2, -0.15) is 5.10 Å². The van der Waals surface area contributed by atoms with Crippen molar-refractivity contribution in [3.8, 4) is 11.8 Å². The number of carbonyl (C=O) groups is 2. The molecule has 0 aromatic carbocycles. The molecule has 0 aliphatic heterocycles. The van der Waals surface area contributed by atoms with Crippen LogP contribution in [0, 0.1) is 13.8 Å². The molecule has 0 amide bonds. The van der Waals surface area contributed by atoms with Crippen molar-refractivity contribution in [2.45, 2.75) is 26.7 Å². The lowest BCUT2D eigenvalue weighted by Gasteiger charge is -2.01. The summed E-state index contributed by atoms with van der Waals surface area (Å²) in [6.45, 7) is 3.28. The van der Waals surface area contributed by atoms with Crippen LogP contribution >= 0.6 is 0 Å². The average Bonchev–Trinajstić information content (AvgIpc) is 2.89. The first-order chi connectivity index (χ1) is 9.41. The molecule has 0 aliphatic carbocycles. The van der Waals surface area contributed by atoms with Gasteiger partial charge in [-0.25, -0.2) is 5.10 Å². The molecule has 106 valence electrons. The largest absolute Gasteiger partial charge is 0.494 e. The Morgan fingerprint density at radius 2 is 1.70 bits per heavy atom. The highest BCUT2D eigenvalue weighted by molar-refractivity contribution is 6.05. The van der Waals surface area contributed by atoms with E-state index in [0.717, 1.165) is 0 Å². The van der Waals surface area contributed by atoms with E-state index >= 15 is 0 Å². The van der Waals surface area contributed by atoms with Crippen molar-refractivity contribution in [3.63, 3.8) is 0 Å². The van der Waals surface area contributed by atoms with Crippen LogP contribution in [0.4, 0.5) is 0 Å². The lowest BCUT2D eigenvalue weighted by Crippen LogP contribution is -2.06. The summed E-state index contributed by atoms with van der Waals surface area (Å²) < 4.78 is 0. The summed E-state index contributed by atoms with van der Waals surface area (Å²) >= 11 is 0. The number of hydrogen-bond acceptors (Lipinski definition) is 5. The minimum absolute atomic E-state index is 0.0465. The number of carbonyl (C=O) groups excluding carboxylic acids is 2. The maximum absolute atomic E-state index is 12.0. The average molecular weight is 277 g/mol. The van der Waals surface area contributed by atoms with Gasteiger partial charge < -0.3 is 15.2 Å². The van der Waals surface area contributed by atoms with Crippen molar-refractivity contribution in [2.24, 2.45) is 0 Å². The van der Waals surface area contributed by atoms with Gasteiger partial charge >= 0.3 is 0 Å². The first kappa shape index (κ1) is 13.9. The molecular weight excluding hydrogens is 262 g/mol. The third kappa shape index (κ3) is 2.42. The van der Waals surface area contributed by atoms with Crippen LogP contribution in [0.1, 0.15) is 44.8 Å². The van der Waals surface area contributed by atoms with Crippen LogP contribution in [-0.4, -0.2) is 37.0 Å². The van der Waals surface area contributed by atoms with Crippen molar-refractivity contribution >= 4 is 11.6 Å². The van der Waals surface area contributed by atoms with Crippen LogP contribution in [0.5, 0.6) is 11.8 Å². The summed E-state index contributed by atoms with van der Waals surface area (Å²) in [7, 11) is 0. The van der Waals surface area contributed by atoms with Gasteiger partial charge in [0.05, 0.1) is 11.3 Å². The third-order valence-corrected chi connectivity index (χ3v) is 3.12. The van der Waals surface area contributed by atoms with Crippen molar-refractivity contribution in [1.29, 1.82) is 0 Å². The summed E-state index contributed by atoms with van der Waals surface area (Å²) in [6, 6.07) is 0. The third-order valence-electron chi connectivity index (χ3n) is 3.12. The van der Waals surface area contributed by atoms with Crippen molar-refractivity contribution in [2.75, 3.05) is 0 Å². The van der Waals surface area contributed by atoms with Gasteiger partial charge in [-0.15, -0.1) is 0 Å². The molecule has 0 fully saturated rings. The molecule has 0 bridgehead atoms. The lowest BCUT2D eigenvalue weighted by molar-refractivity contribution is 0.0913. The van der Waals surface area contributed by atoms with E-state index < -0.39 is 0 Å². The lowest BCUT2D eigenvalue weighted by atomic mass is 10.0. The van der Waals surface area contributed by atoms with Crippen LogP contribution in [-0.2, 0) is 0 Å².